The van der Waals surface area contributed by atoms with Crippen molar-refractivity contribution in [3.05, 3.63) is 0 Å². The number of unbranched alkanes of at least 4 members (excludes halogenated alkanes) is 16. The van der Waals surface area contributed by atoms with Gasteiger partial charge in [-0.15, -0.1) is 0 Å². The Bertz CT molecular complexity index is 744. The van der Waals surface area contributed by atoms with E-state index < -0.39 is 0 Å². The van der Waals surface area contributed by atoms with E-state index in [4.69, 9.17) is 18.9 Å². The van der Waals surface area contributed by atoms with Gasteiger partial charge in [0, 0.05) is 25.7 Å². The van der Waals surface area contributed by atoms with E-state index in [1.807, 2.05) is 0 Å². The molecule has 0 aromatic carbocycles. The van der Waals surface area contributed by atoms with Crippen LogP contribution in [0.2, 0.25) is 0 Å². The molecule has 0 amide bonds. The minimum absolute atomic E-state index is 0.140. The fourth-order valence-corrected chi connectivity index (χ4v) is 5.54. The van der Waals surface area contributed by atoms with Crippen molar-refractivity contribution in [1.82, 2.24) is 0 Å². The highest BCUT2D eigenvalue weighted by Crippen LogP contribution is 2.11. The van der Waals surface area contributed by atoms with Gasteiger partial charge in [0.1, 0.15) is 0 Å². The molecule has 8 nitrogen and oxygen atoms in total. The first-order valence-corrected chi connectivity index (χ1v) is 21.7. The summed E-state index contributed by atoms with van der Waals surface area (Å²) in [7, 11) is 0. The molecule has 0 saturated heterocycles. The van der Waals surface area contributed by atoms with E-state index in [2.05, 4.69) is 41.5 Å². The molecule has 0 bridgehead atoms. The number of carbonyl (C=O) groups excluding carboxylic acids is 4. The molecule has 8 heteroatoms. The highest BCUT2D eigenvalue weighted by atomic mass is 16.5. The summed E-state index contributed by atoms with van der Waals surface area (Å²) in [4.78, 5) is 46.4. The fourth-order valence-electron chi connectivity index (χ4n) is 5.54. The monoisotopic (exact) mass is 741 g/mol. The van der Waals surface area contributed by atoms with Crippen molar-refractivity contribution >= 4 is 23.9 Å². The lowest BCUT2D eigenvalue weighted by atomic mass is 10.1. The third-order valence-electron chi connectivity index (χ3n) is 8.92. The molecule has 0 aromatic rings. The van der Waals surface area contributed by atoms with E-state index in [-0.39, 0.29) is 23.9 Å². The summed E-state index contributed by atoms with van der Waals surface area (Å²) in [6.07, 6.45) is 27.7. The molecule has 0 unspecified atom stereocenters. The summed E-state index contributed by atoms with van der Waals surface area (Å²) in [5.41, 5.74) is 0. The third-order valence-corrected chi connectivity index (χ3v) is 8.92. The highest BCUT2D eigenvalue weighted by Gasteiger charge is 2.08. The molecule has 0 N–H and O–H groups in total. The van der Waals surface area contributed by atoms with Crippen molar-refractivity contribution < 1.29 is 38.1 Å². The number of esters is 4. The molecular weight excluding hydrogens is 656 g/mol. The summed E-state index contributed by atoms with van der Waals surface area (Å²) in [6, 6.07) is 0. The van der Waals surface area contributed by atoms with Gasteiger partial charge in [-0.05, 0) is 63.2 Å². The zero-order chi connectivity index (χ0) is 38.9. The van der Waals surface area contributed by atoms with Crippen LogP contribution in [-0.2, 0) is 38.1 Å². The second kappa shape index (κ2) is 41.6. The topological polar surface area (TPSA) is 105 Å². The number of hydrogen-bond donors (Lipinski definition) is 0. The minimum atomic E-state index is -0.146. The third kappa shape index (κ3) is 45.9. The first-order chi connectivity index (χ1) is 25.1. The Balaban J connectivity index is 0. The smallest absolute Gasteiger partial charge is 0.305 e. The van der Waals surface area contributed by atoms with E-state index in [1.165, 1.54) is 77.0 Å². The molecule has 0 radical (unpaired) electrons. The quantitative estimate of drug-likeness (QED) is 0.0355. The van der Waals surface area contributed by atoms with Crippen LogP contribution < -0.4 is 0 Å². The lowest BCUT2D eigenvalue weighted by Crippen LogP contribution is -2.08. The van der Waals surface area contributed by atoms with Crippen LogP contribution >= 0.6 is 0 Å². The lowest BCUT2D eigenvalue weighted by Gasteiger charge is -2.07. The van der Waals surface area contributed by atoms with Gasteiger partial charge in [0.25, 0.3) is 0 Å². The molecular formula is C44H84O8. The molecule has 0 aromatic heterocycles. The Morgan fingerprint density at radius 1 is 0.327 bits per heavy atom. The zero-order valence-corrected chi connectivity index (χ0v) is 35.0. The van der Waals surface area contributed by atoms with Gasteiger partial charge < -0.3 is 18.9 Å². The van der Waals surface area contributed by atoms with Crippen LogP contribution in [0, 0.1) is 11.8 Å². The average Bonchev–Trinajstić information content (AvgIpc) is 3.10. The summed E-state index contributed by atoms with van der Waals surface area (Å²) in [6.45, 7) is 15.4. The van der Waals surface area contributed by atoms with Crippen molar-refractivity contribution in [2.75, 3.05) is 26.4 Å². The van der Waals surface area contributed by atoms with E-state index in [0.717, 1.165) is 63.2 Å². The van der Waals surface area contributed by atoms with Gasteiger partial charge >= 0.3 is 23.9 Å². The Labute approximate surface area is 321 Å². The molecule has 0 rings (SSSR count). The van der Waals surface area contributed by atoms with Crippen molar-refractivity contribution in [2.45, 2.75) is 221 Å². The maximum atomic E-state index is 11.6. The van der Waals surface area contributed by atoms with Crippen LogP contribution in [0.4, 0.5) is 0 Å². The normalized spacial score (nSPS) is 10.9. The molecule has 0 atom stereocenters. The van der Waals surface area contributed by atoms with Gasteiger partial charge in [-0.25, -0.2) is 0 Å². The van der Waals surface area contributed by atoms with E-state index in [1.54, 1.807) is 0 Å². The zero-order valence-electron chi connectivity index (χ0n) is 35.0. The standard InChI is InChI=1S/2C22H42O4/c1-19(2)13-7-5-11-17-25-21(23)15-9-10-16-22(24)26-18-12-6-8-14-20(3)4;1-3-5-7-9-11-15-19-25-21(23)17-13-14-18-22(24)26-20-16-12-10-8-6-4-2/h19-20H,5-18H2,1-4H3;3-20H2,1-2H3. The Kier molecular flexibility index (Phi) is 41.6. The summed E-state index contributed by atoms with van der Waals surface area (Å²) >= 11 is 0. The van der Waals surface area contributed by atoms with Crippen LogP contribution in [0.1, 0.15) is 221 Å². The molecule has 0 saturated carbocycles. The summed E-state index contributed by atoms with van der Waals surface area (Å²) < 4.78 is 20.9. The average molecular weight is 741 g/mol. The predicted octanol–water partition coefficient (Wildman–Crippen LogP) is 12.4. The molecule has 0 fully saturated rings. The second-order valence-electron chi connectivity index (χ2n) is 15.3. The Morgan fingerprint density at radius 3 is 0.808 bits per heavy atom. The van der Waals surface area contributed by atoms with Crippen molar-refractivity contribution in [1.29, 1.82) is 0 Å². The first kappa shape index (κ1) is 52.0. The fraction of sp³-hybridized carbons (Fsp3) is 0.909. The molecule has 308 valence electrons. The number of rotatable bonds is 36. The van der Waals surface area contributed by atoms with E-state index >= 15 is 0 Å². The SMILES string of the molecule is CC(C)CCCCCOC(=O)CCCCC(=O)OCCCCCC(C)C.CCCCCCCCOC(=O)CCCCC(=O)OCCCCCCCC. The van der Waals surface area contributed by atoms with Gasteiger partial charge in [0.2, 0.25) is 0 Å². The van der Waals surface area contributed by atoms with Crippen LogP contribution in [0.25, 0.3) is 0 Å². The van der Waals surface area contributed by atoms with Gasteiger partial charge in [-0.2, -0.15) is 0 Å². The molecule has 0 aliphatic heterocycles. The van der Waals surface area contributed by atoms with Crippen LogP contribution in [-0.4, -0.2) is 50.3 Å². The van der Waals surface area contributed by atoms with Gasteiger partial charge in [-0.3, -0.25) is 19.2 Å². The highest BCUT2D eigenvalue weighted by molar-refractivity contribution is 5.71. The molecule has 0 heterocycles. The number of ether oxygens (including phenoxy) is 4. The number of hydrogen-bond acceptors (Lipinski definition) is 8. The van der Waals surface area contributed by atoms with E-state index in [0.29, 0.717) is 77.8 Å². The van der Waals surface area contributed by atoms with Crippen LogP contribution in [0.5, 0.6) is 0 Å². The van der Waals surface area contributed by atoms with Gasteiger partial charge in [0.05, 0.1) is 26.4 Å². The Morgan fingerprint density at radius 2 is 0.558 bits per heavy atom. The predicted molar refractivity (Wildman–Crippen MR) is 214 cm³/mol. The van der Waals surface area contributed by atoms with Crippen molar-refractivity contribution in [2.24, 2.45) is 11.8 Å². The lowest BCUT2D eigenvalue weighted by molar-refractivity contribution is -0.146. The maximum Gasteiger partial charge on any atom is 0.305 e. The number of carbonyl (C=O) groups is 4. The van der Waals surface area contributed by atoms with Gasteiger partial charge in [-0.1, -0.05) is 144 Å². The summed E-state index contributed by atoms with van der Waals surface area (Å²) in [5, 5.41) is 0. The molecule has 0 aliphatic rings. The largest absolute Gasteiger partial charge is 0.466 e. The molecule has 0 aliphatic carbocycles. The van der Waals surface area contributed by atoms with Gasteiger partial charge in [0.15, 0.2) is 0 Å². The van der Waals surface area contributed by atoms with Crippen molar-refractivity contribution in [3.63, 3.8) is 0 Å². The van der Waals surface area contributed by atoms with Crippen LogP contribution in [0.3, 0.4) is 0 Å². The minimum Gasteiger partial charge on any atom is -0.466 e. The second-order valence-corrected chi connectivity index (χ2v) is 15.3. The first-order valence-electron chi connectivity index (χ1n) is 21.7. The summed E-state index contributed by atoms with van der Waals surface area (Å²) in [5.74, 6) is 0.918. The van der Waals surface area contributed by atoms with Crippen LogP contribution in [0.15, 0.2) is 0 Å². The Hall–Kier alpha value is -2.12. The maximum absolute atomic E-state index is 11.6. The van der Waals surface area contributed by atoms with Crippen molar-refractivity contribution in [3.8, 4) is 0 Å². The molecule has 0 spiro atoms. The molecule has 52 heavy (non-hydrogen) atoms. The van der Waals surface area contributed by atoms with E-state index in [9.17, 15) is 19.2 Å².